The third-order valence-electron chi connectivity index (χ3n) is 4.67. The van der Waals surface area contributed by atoms with E-state index in [-0.39, 0.29) is 11.8 Å². The van der Waals surface area contributed by atoms with Crippen LogP contribution in [-0.2, 0) is 4.79 Å². The zero-order valence-corrected chi connectivity index (χ0v) is 14.8. The van der Waals surface area contributed by atoms with Gasteiger partial charge in [-0.15, -0.1) is 0 Å². The third-order valence-corrected chi connectivity index (χ3v) is 6.00. The second-order valence-electron chi connectivity index (χ2n) is 6.37. The van der Waals surface area contributed by atoms with Crippen molar-refractivity contribution >= 4 is 46.3 Å². The molecule has 0 spiro atoms. The number of nitrogens with one attached hydrogen (secondary N) is 2. The third kappa shape index (κ3) is 3.13. The Hall–Kier alpha value is -1.65. The maximum Gasteiger partial charge on any atom is 0.227 e. The molecule has 5 heteroatoms. The van der Waals surface area contributed by atoms with Crippen molar-refractivity contribution in [2.75, 3.05) is 10.6 Å². The molecule has 2 aromatic rings. The molecule has 1 amide bonds. The zero-order valence-electron chi connectivity index (χ0n) is 13.3. The molecule has 0 radical (unpaired) electrons. The molecule has 1 heterocycles. The maximum atomic E-state index is 12.6. The van der Waals surface area contributed by atoms with Crippen molar-refractivity contribution in [2.24, 2.45) is 5.92 Å². The van der Waals surface area contributed by atoms with Crippen LogP contribution in [0.4, 0.5) is 17.1 Å². The number of amides is 1. The summed E-state index contributed by atoms with van der Waals surface area (Å²) in [6.45, 7) is 0. The lowest BCUT2D eigenvalue weighted by Gasteiger charge is -2.25. The van der Waals surface area contributed by atoms with Gasteiger partial charge in [-0.25, -0.2) is 0 Å². The average molecular weight is 359 g/mol. The summed E-state index contributed by atoms with van der Waals surface area (Å²) >= 11 is 7.96. The lowest BCUT2D eigenvalue weighted by molar-refractivity contribution is -0.120. The number of carbonyl (C=O) groups excluding carboxylic acids is 1. The predicted octanol–water partition coefficient (Wildman–Crippen LogP) is 6.07. The molecule has 2 N–H and O–H groups in total. The number of fused-ring (bicyclic) bond motifs is 2. The van der Waals surface area contributed by atoms with Gasteiger partial charge in [-0.05, 0) is 37.1 Å². The molecule has 1 saturated carbocycles. The second-order valence-corrected chi connectivity index (χ2v) is 7.89. The molecule has 1 aliphatic heterocycles. The van der Waals surface area contributed by atoms with Crippen LogP contribution in [0.5, 0.6) is 0 Å². The largest absolute Gasteiger partial charge is 0.352 e. The van der Waals surface area contributed by atoms with Gasteiger partial charge in [-0.3, -0.25) is 4.79 Å². The first-order valence-corrected chi connectivity index (χ1v) is 9.58. The van der Waals surface area contributed by atoms with Crippen molar-refractivity contribution in [3.8, 4) is 0 Å². The first-order valence-electron chi connectivity index (χ1n) is 8.39. The smallest absolute Gasteiger partial charge is 0.227 e. The van der Waals surface area contributed by atoms with Gasteiger partial charge in [0, 0.05) is 20.7 Å². The molecule has 1 fully saturated rings. The van der Waals surface area contributed by atoms with E-state index in [2.05, 4.69) is 16.7 Å². The van der Waals surface area contributed by atoms with Crippen LogP contribution >= 0.6 is 23.4 Å². The van der Waals surface area contributed by atoms with Crippen molar-refractivity contribution in [2.45, 2.75) is 41.9 Å². The fourth-order valence-electron chi connectivity index (χ4n) is 3.40. The van der Waals surface area contributed by atoms with Gasteiger partial charge in [0.2, 0.25) is 5.91 Å². The van der Waals surface area contributed by atoms with Gasteiger partial charge in [0.15, 0.2) is 0 Å². The quantitative estimate of drug-likeness (QED) is 0.584. The van der Waals surface area contributed by atoms with Gasteiger partial charge in [-0.2, -0.15) is 0 Å². The molecule has 0 aromatic heterocycles. The van der Waals surface area contributed by atoms with Crippen molar-refractivity contribution < 1.29 is 4.79 Å². The standard InChI is InChI=1S/C19H19ClN2OS/c20-13-10-15(22-19(23)12-6-2-1-3-7-12)18-17(11-13)24-16-9-5-4-8-14(16)21-18/h4-5,8-12,21H,1-3,6-7H2,(H,22,23). The summed E-state index contributed by atoms with van der Waals surface area (Å²) in [5, 5.41) is 7.20. The lowest BCUT2D eigenvalue weighted by Crippen LogP contribution is -2.25. The van der Waals surface area contributed by atoms with Crippen LogP contribution in [0.3, 0.4) is 0 Å². The van der Waals surface area contributed by atoms with Crippen LogP contribution in [-0.4, -0.2) is 5.91 Å². The number of benzene rings is 2. The number of rotatable bonds is 2. The number of hydrogen-bond acceptors (Lipinski definition) is 3. The van der Waals surface area contributed by atoms with Crippen LogP contribution in [0.1, 0.15) is 32.1 Å². The second kappa shape index (κ2) is 6.69. The Kier molecular flexibility index (Phi) is 4.42. The Morgan fingerprint density at radius 1 is 1.12 bits per heavy atom. The molecule has 3 nitrogen and oxygen atoms in total. The molecule has 0 unspecified atom stereocenters. The SMILES string of the molecule is O=C(Nc1cc(Cl)cc2c1Nc1ccccc1S2)C1CCCCC1. The van der Waals surface area contributed by atoms with E-state index in [4.69, 9.17) is 11.6 Å². The summed E-state index contributed by atoms with van der Waals surface area (Å²) in [5.41, 5.74) is 2.77. The molecule has 1 aliphatic carbocycles. The maximum absolute atomic E-state index is 12.6. The Balaban J connectivity index is 1.63. The van der Waals surface area contributed by atoms with Gasteiger partial charge >= 0.3 is 0 Å². The van der Waals surface area contributed by atoms with Crippen LogP contribution in [0.15, 0.2) is 46.2 Å². The van der Waals surface area contributed by atoms with Crippen molar-refractivity contribution in [3.05, 3.63) is 41.4 Å². The fourth-order valence-corrected chi connectivity index (χ4v) is 4.75. The lowest BCUT2D eigenvalue weighted by atomic mass is 9.88. The van der Waals surface area contributed by atoms with Gasteiger partial charge in [0.05, 0.1) is 17.1 Å². The van der Waals surface area contributed by atoms with Gasteiger partial charge < -0.3 is 10.6 Å². The Bertz CT molecular complexity index is 787. The molecular formula is C19H19ClN2OS. The molecule has 0 saturated heterocycles. The van der Waals surface area contributed by atoms with E-state index in [0.29, 0.717) is 5.02 Å². The first kappa shape index (κ1) is 15.9. The summed E-state index contributed by atoms with van der Waals surface area (Å²) in [4.78, 5) is 14.8. The Labute approximate surface area is 151 Å². The highest BCUT2D eigenvalue weighted by atomic mass is 35.5. The highest BCUT2D eigenvalue weighted by molar-refractivity contribution is 7.99. The van der Waals surface area contributed by atoms with Gasteiger partial charge in [0.1, 0.15) is 0 Å². The summed E-state index contributed by atoms with van der Waals surface area (Å²) < 4.78 is 0. The molecule has 2 aromatic carbocycles. The summed E-state index contributed by atoms with van der Waals surface area (Å²) in [6.07, 6.45) is 5.50. The number of halogens is 1. The number of anilines is 3. The summed E-state index contributed by atoms with van der Waals surface area (Å²) in [6, 6.07) is 11.9. The van der Waals surface area contributed by atoms with E-state index in [9.17, 15) is 4.79 Å². The topological polar surface area (TPSA) is 41.1 Å². The molecule has 4 rings (SSSR count). The molecule has 2 aliphatic rings. The molecule has 124 valence electrons. The zero-order chi connectivity index (χ0) is 16.5. The minimum atomic E-state index is 0.116. The van der Waals surface area contributed by atoms with E-state index in [0.717, 1.165) is 52.5 Å². The summed E-state index contributed by atoms with van der Waals surface area (Å²) in [5.74, 6) is 0.238. The van der Waals surface area contributed by atoms with Crippen molar-refractivity contribution in [3.63, 3.8) is 0 Å². The van der Waals surface area contributed by atoms with E-state index >= 15 is 0 Å². The van der Waals surface area contributed by atoms with Crippen LogP contribution in [0.2, 0.25) is 5.02 Å². The van der Waals surface area contributed by atoms with Crippen LogP contribution in [0, 0.1) is 5.92 Å². The minimum absolute atomic E-state index is 0.116. The average Bonchev–Trinajstić information content (AvgIpc) is 2.61. The van der Waals surface area contributed by atoms with Gasteiger partial charge in [0.25, 0.3) is 0 Å². The highest BCUT2D eigenvalue weighted by Crippen LogP contribution is 2.48. The van der Waals surface area contributed by atoms with Crippen LogP contribution < -0.4 is 10.6 Å². The normalized spacial score (nSPS) is 16.7. The number of carbonyl (C=O) groups is 1. The Morgan fingerprint density at radius 2 is 1.92 bits per heavy atom. The molecule has 24 heavy (non-hydrogen) atoms. The number of hydrogen-bond donors (Lipinski definition) is 2. The molecule has 0 atom stereocenters. The van der Waals surface area contributed by atoms with E-state index in [1.807, 2.05) is 30.3 Å². The summed E-state index contributed by atoms with van der Waals surface area (Å²) in [7, 11) is 0. The highest BCUT2D eigenvalue weighted by Gasteiger charge is 2.24. The van der Waals surface area contributed by atoms with Crippen LogP contribution in [0.25, 0.3) is 0 Å². The van der Waals surface area contributed by atoms with E-state index < -0.39 is 0 Å². The van der Waals surface area contributed by atoms with Crippen molar-refractivity contribution in [1.82, 2.24) is 0 Å². The predicted molar refractivity (Wildman–Crippen MR) is 101 cm³/mol. The monoisotopic (exact) mass is 358 g/mol. The molecule has 0 bridgehead atoms. The van der Waals surface area contributed by atoms with Crippen molar-refractivity contribution in [1.29, 1.82) is 0 Å². The molecular weight excluding hydrogens is 340 g/mol. The van der Waals surface area contributed by atoms with Gasteiger partial charge in [-0.1, -0.05) is 54.8 Å². The fraction of sp³-hybridized carbons (Fsp3) is 0.316. The minimum Gasteiger partial charge on any atom is -0.352 e. The van der Waals surface area contributed by atoms with E-state index in [1.165, 1.54) is 6.42 Å². The van der Waals surface area contributed by atoms with E-state index in [1.54, 1.807) is 11.8 Å². The Morgan fingerprint density at radius 3 is 2.75 bits per heavy atom. The number of para-hydroxylation sites is 1. The first-order chi connectivity index (χ1) is 11.7.